The van der Waals surface area contributed by atoms with Crippen molar-refractivity contribution in [2.75, 3.05) is 0 Å². The van der Waals surface area contributed by atoms with Crippen molar-refractivity contribution in [3.05, 3.63) is 23.3 Å². The average molecular weight is 447 g/mol. The summed E-state index contributed by atoms with van der Waals surface area (Å²) in [6.45, 7) is 10.4. The van der Waals surface area contributed by atoms with Crippen LogP contribution in [0.4, 0.5) is 0 Å². The second-order valence-electron chi connectivity index (χ2n) is 12.3. The number of carbonyl (C=O) groups is 1. The van der Waals surface area contributed by atoms with Crippen LogP contribution in [0.5, 0.6) is 0 Å². The zero-order valence-corrected chi connectivity index (χ0v) is 20.3. The van der Waals surface area contributed by atoms with Crippen LogP contribution in [0, 0.1) is 34.5 Å². The maximum atomic E-state index is 13.1. The molecule has 0 radical (unpaired) electrons. The smallest absolute Gasteiger partial charge is 0.182 e. The van der Waals surface area contributed by atoms with Crippen LogP contribution in [-0.4, -0.2) is 50.1 Å². The Hall–Kier alpha value is -1.01. The quantitative estimate of drug-likeness (QED) is 0.518. The van der Waals surface area contributed by atoms with Crippen molar-refractivity contribution in [3.8, 4) is 0 Å². The van der Waals surface area contributed by atoms with Crippen LogP contribution in [0.15, 0.2) is 23.3 Å². The number of hydrogen-bond acceptors (Lipinski definition) is 5. The molecule has 0 bridgehead atoms. The standard InChI is InChI=1S/C27H42O5/c1-15(2)6-9-24(31)27(5,32)23-8-7-17-16-12-20(28)19-13-21(29)22(30)14-26(19,4)18(16)10-11-25(17,23)3/h12-13,15,17-18,21-24,29-32H,6-11,14H2,1-5H3/t17-,18+,21+,22+,23+,24+,25+,26-,27-/m1/s1. The van der Waals surface area contributed by atoms with Crippen molar-refractivity contribution in [2.24, 2.45) is 34.5 Å². The summed E-state index contributed by atoms with van der Waals surface area (Å²) in [7, 11) is 0. The SMILES string of the molecule is CC(C)CC[C@H](O)[C@](C)(O)[C@H]1CC[C@@H]2C3=CC(=O)C4=C[C@H](O)[C@@H](O)C[C@]4(C)[C@H]3CC[C@@]21C. The average Bonchev–Trinajstić information content (AvgIpc) is 3.06. The summed E-state index contributed by atoms with van der Waals surface area (Å²) in [5.74, 6) is 0.778. The van der Waals surface area contributed by atoms with Gasteiger partial charge < -0.3 is 20.4 Å². The lowest BCUT2D eigenvalue weighted by atomic mass is 9.49. The Kier molecular flexibility index (Phi) is 6.06. The van der Waals surface area contributed by atoms with E-state index in [1.165, 1.54) is 5.57 Å². The van der Waals surface area contributed by atoms with E-state index in [4.69, 9.17) is 0 Å². The number of aliphatic hydroxyl groups excluding tert-OH is 3. The lowest BCUT2D eigenvalue weighted by molar-refractivity contribution is -0.139. The fraction of sp³-hybridized carbons (Fsp3) is 0.815. The molecule has 0 saturated heterocycles. The Balaban J connectivity index is 1.65. The fourth-order valence-corrected chi connectivity index (χ4v) is 7.92. The number of allylic oxidation sites excluding steroid dienone is 3. The number of carbonyl (C=O) groups excluding carboxylic acids is 1. The molecule has 5 heteroatoms. The van der Waals surface area contributed by atoms with E-state index in [2.05, 4.69) is 27.7 Å². The van der Waals surface area contributed by atoms with Crippen molar-refractivity contribution in [1.82, 2.24) is 0 Å². The molecule has 0 aromatic carbocycles. The van der Waals surface area contributed by atoms with Crippen LogP contribution in [0.3, 0.4) is 0 Å². The van der Waals surface area contributed by atoms with Crippen molar-refractivity contribution in [3.63, 3.8) is 0 Å². The number of aliphatic hydroxyl groups is 4. The van der Waals surface area contributed by atoms with Crippen molar-refractivity contribution in [1.29, 1.82) is 0 Å². The van der Waals surface area contributed by atoms with Gasteiger partial charge >= 0.3 is 0 Å². The highest BCUT2D eigenvalue weighted by atomic mass is 16.3. The molecule has 4 N–H and O–H groups in total. The second kappa shape index (κ2) is 8.04. The van der Waals surface area contributed by atoms with Crippen LogP contribution in [-0.2, 0) is 4.79 Å². The number of rotatable bonds is 5. The van der Waals surface area contributed by atoms with Crippen molar-refractivity contribution in [2.45, 2.75) is 103 Å². The molecule has 0 spiro atoms. The van der Waals surface area contributed by atoms with Gasteiger partial charge in [0.25, 0.3) is 0 Å². The molecule has 2 saturated carbocycles. The van der Waals surface area contributed by atoms with Gasteiger partial charge in [-0.3, -0.25) is 4.79 Å². The lowest BCUT2D eigenvalue weighted by Crippen LogP contribution is -2.55. The molecule has 9 atom stereocenters. The first-order valence-electron chi connectivity index (χ1n) is 12.6. The molecule has 32 heavy (non-hydrogen) atoms. The van der Waals surface area contributed by atoms with Gasteiger partial charge in [0.2, 0.25) is 0 Å². The lowest BCUT2D eigenvalue weighted by Gasteiger charge is -2.56. The zero-order valence-electron chi connectivity index (χ0n) is 20.3. The Morgan fingerprint density at radius 1 is 1.12 bits per heavy atom. The molecular weight excluding hydrogens is 404 g/mol. The fourth-order valence-electron chi connectivity index (χ4n) is 7.92. The maximum absolute atomic E-state index is 13.1. The summed E-state index contributed by atoms with van der Waals surface area (Å²) in [5.41, 5.74) is 0.0264. The number of fused-ring (bicyclic) bond motifs is 5. The maximum Gasteiger partial charge on any atom is 0.182 e. The monoisotopic (exact) mass is 446 g/mol. The number of ketones is 1. The van der Waals surface area contributed by atoms with Crippen LogP contribution in [0.1, 0.15) is 79.6 Å². The molecule has 4 aliphatic rings. The van der Waals surface area contributed by atoms with Gasteiger partial charge in [0.1, 0.15) is 0 Å². The highest BCUT2D eigenvalue weighted by Crippen LogP contribution is 2.66. The molecule has 180 valence electrons. The first-order chi connectivity index (χ1) is 14.8. The van der Waals surface area contributed by atoms with Crippen LogP contribution >= 0.6 is 0 Å². The van der Waals surface area contributed by atoms with Gasteiger partial charge in [-0.15, -0.1) is 0 Å². The van der Waals surface area contributed by atoms with Crippen LogP contribution in [0.25, 0.3) is 0 Å². The summed E-state index contributed by atoms with van der Waals surface area (Å²) >= 11 is 0. The molecule has 0 aromatic rings. The van der Waals surface area contributed by atoms with Gasteiger partial charge in [0, 0.05) is 11.0 Å². The second-order valence-corrected chi connectivity index (χ2v) is 12.3. The molecule has 0 aromatic heterocycles. The largest absolute Gasteiger partial charge is 0.390 e. The highest BCUT2D eigenvalue weighted by molar-refractivity contribution is 6.07. The van der Waals surface area contributed by atoms with E-state index in [0.717, 1.165) is 32.1 Å². The predicted molar refractivity (Wildman–Crippen MR) is 124 cm³/mol. The molecule has 0 heterocycles. The van der Waals surface area contributed by atoms with Gasteiger partial charge in [-0.25, -0.2) is 0 Å². The third-order valence-corrected chi connectivity index (χ3v) is 9.82. The van der Waals surface area contributed by atoms with E-state index >= 15 is 0 Å². The minimum absolute atomic E-state index is 0.0253. The van der Waals surface area contributed by atoms with E-state index in [1.807, 2.05) is 6.92 Å². The minimum atomic E-state index is -1.16. The Morgan fingerprint density at radius 2 is 1.81 bits per heavy atom. The van der Waals surface area contributed by atoms with E-state index in [1.54, 1.807) is 12.2 Å². The Bertz CT molecular complexity index is 826. The third kappa shape index (κ3) is 3.55. The molecular formula is C27H42O5. The van der Waals surface area contributed by atoms with Gasteiger partial charge in [0.05, 0.1) is 23.9 Å². The van der Waals surface area contributed by atoms with E-state index < -0.39 is 29.3 Å². The molecule has 5 nitrogen and oxygen atoms in total. The molecule has 2 fully saturated rings. The van der Waals surface area contributed by atoms with E-state index in [-0.39, 0.29) is 29.0 Å². The van der Waals surface area contributed by atoms with Crippen LogP contribution in [0.2, 0.25) is 0 Å². The van der Waals surface area contributed by atoms with E-state index in [9.17, 15) is 25.2 Å². The summed E-state index contributed by atoms with van der Waals surface area (Å²) in [6.07, 6.45) is 6.22. The molecule has 0 amide bonds. The van der Waals surface area contributed by atoms with Gasteiger partial charge in [0.15, 0.2) is 5.78 Å². The Morgan fingerprint density at radius 3 is 2.47 bits per heavy atom. The third-order valence-electron chi connectivity index (χ3n) is 9.82. The van der Waals surface area contributed by atoms with Crippen LogP contribution < -0.4 is 0 Å². The molecule has 0 unspecified atom stereocenters. The predicted octanol–water partition coefficient (Wildman–Crippen LogP) is 3.54. The summed E-state index contributed by atoms with van der Waals surface area (Å²) in [4.78, 5) is 13.1. The van der Waals surface area contributed by atoms with Gasteiger partial charge in [-0.05, 0) is 93.1 Å². The zero-order chi connectivity index (χ0) is 23.6. The molecule has 4 rings (SSSR count). The first-order valence-corrected chi connectivity index (χ1v) is 12.6. The summed E-state index contributed by atoms with van der Waals surface area (Å²) in [5, 5.41) is 43.0. The minimum Gasteiger partial charge on any atom is -0.390 e. The number of hydrogen-bond donors (Lipinski definition) is 4. The summed E-state index contributed by atoms with van der Waals surface area (Å²) in [6, 6.07) is 0. The molecule has 4 aliphatic carbocycles. The molecule has 0 aliphatic heterocycles. The van der Waals surface area contributed by atoms with Gasteiger partial charge in [-0.1, -0.05) is 33.3 Å². The Labute approximate surface area is 192 Å². The van der Waals surface area contributed by atoms with Crippen molar-refractivity contribution >= 4 is 5.78 Å². The topological polar surface area (TPSA) is 98.0 Å². The highest BCUT2D eigenvalue weighted by Gasteiger charge is 2.61. The summed E-state index contributed by atoms with van der Waals surface area (Å²) < 4.78 is 0. The van der Waals surface area contributed by atoms with E-state index in [0.29, 0.717) is 24.3 Å². The van der Waals surface area contributed by atoms with Crippen molar-refractivity contribution < 1.29 is 25.2 Å². The normalized spacial score (nSPS) is 44.2. The first kappa shape index (κ1) is 24.1. The van der Waals surface area contributed by atoms with Gasteiger partial charge in [-0.2, -0.15) is 0 Å².